The van der Waals surface area contributed by atoms with Crippen molar-refractivity contribution in [3.8, 4) is 27.9 Å². The molecule has 0 amide bonds. The van der Waals surface area contributed by atoms with E-state index in [0.717, 1.165) is 32.2 Å². The van der Waals surface area contributed by atoms with E-state index in [9.17, 15) is 0 Å². The molecule has 48 heavy (non-hydrogen) atoms. The zero-order valence-corrected chi connectivity index (χ0v) is 27.4. The van der Waals surface area contributed by atoms with Crippen molar-refractivity contribution >= 4 is 43.7 Å². The summed E-state index contributed by atoms with van der Waals surface area (Å²) in [6, 6.07) is 37.9. The fourth-order valence-corrected chi connectivity index (χ4v) is 8.05. The number of allylic oxidation sites excluding steroid dienone is 8. The Morgan fingerprint density at radius 1 is 0.500 bits per heavy atom. The molecule has 2 heteroatoms. The lowest BCUT2D eigenvalue weighted by Gasteiger charge is -2.25. The fraction of sp³-hybridized carbons (Fsp3) is 0.130. The molecule has 0 bridgehead atoms. The smallest absolute Gasteiger partial charge is 0.0492 e. The molecule has 0 saturated heterocycles. The molecule has 0 N–H and O–H groups in total. The third kappa shape index (κ3) is 4.63. The molecular weight excluding hydrogens is 581 g/mol. The number of aryl methyl sites for hydroxylation is 1. The second kappa shape index (κ2) is 11.9. The zero-order chi connectivity index (χ0) is 32.0. The van der Waals surface area contributed by atoms with Crippen molar-refractivity contribution in [2.45, 2.75) is 39.2 Å². The first-order valence-corrected chi connectivity index (χ1v) is 17.4. The monoisotopic (exact) mass is 618 g/mol. The largest absolute Gasteiger partial charge is 0.341 e. The van der Waals surface area contributed by atoms with Crippen LogP contribution in [0.3, 0.4) is 0 Å². The molecule has 0 radical (unpaired) electrons. The molecule has 2 nitrogen and oxygen atoms in total. The Labute approximate surface area is 282 Å². The van der Waals surface area contributed by atoms with Gasteiger partial charge in [0.25, 0.3) is 0 Å². The van der Waals surface area contributed by atoms with Crippen molar-refractivity contribution in [2.75, 3.05) is 0 Å². The predicted octanol–water partition coefficient (Wildman–Crippen LogP) is 12.6. The minimum absolute atomic E-state index is 0.943. The summed E-state index contributed by atoms with van der Waals surface area (Å²) in [4.78, 5) is 0. The maximum absolute atomic E-state index is 2.45. The lowest BCUT2D eigenvalue weighted by Crippen LogP contribution is -2.02. The molecule has 2 aromatic heterocycles. The van der Waals surface area contributed by atoms with Crippen LogP contribution in [0.2, 0.25) is 0 Å². The molecule has 5 aromatic carbocycles. The van der Waals surface area contributed by atoms with E-state index >= 15 is 0 Å². The first-order valence-electron chi connectivity index (χ1n) is 17.4. The third-order valence-electron chi connectivity index (χ3n) is 10.2. The van der Waals surface area contributed by atoms with Crippen LogP contribution in [0.5, 0.6) is 0 Å². The number of benzene rings is 5. The van der Waals surface area contributed by atoms with Crippen molar-refractivity contribution in [1.29, 1.82) is 0 Å². The summed E-state index contributed by atoms with van der Waals surface area (Å²) >= 11 is 0. The van der Waals surface area contributed by atoms with Crippen molar-refractivity contribution in [2.24, 2.45) is 0 Å². The highest BCUT2D eigenvalue weighted by atomic mass is 15.0. The second-order valence-electron chi connectivity index (χ2n) is 13.0. The number of hydrogen-bond acceptors (Lipinski definition) is 0. The van der Waals surface area contributed by atoms with Crippen molar-refractivity contribution in [3.63, 3.8) is 0 Å². The van der Waals surface area contributed by atoms with Crippen LogP contribution in [0.1, 0.15) is 43.7 Å². The predicted molar refractivity (Wildman–Crippen MR) is 206 cm³/mol. The van der Waals surface area contributed by atoms with E-state index in [-0.39, 0.29) is 0 Å². The summed E-state index contributed by atoms with van der Waals surface area (Å²) in [7, 11) is 0. The van der Waals surface area contributed by atoms with Crippen LogP contribution in [-0.4, -0.2) is 9.13 Å². The van der Waals surface area contributed by atoms with E-state index in [2.05, 4.69) is 168 Å². The van der Waals surface area contributed by atoms with Crippen LogP contribution < -0.4 is 0 Å². The van der Waals surface area contributed by atoms with E-state index in [1.807, 2.05) is 0 Å². The van der Waals surface area contributed by atoms with Gasteiger partial charge in [0.1, 0.15) is 0 Å². The van der Waals surface area contributed by atoms with Crippen molar-refractivity contribution in [1.82, 2.24) is 9.13 Å². The minimum Gasteiger partial charge on any atom is -0.341 e. The van der Waals surface area contributed by atoms with Crippen LogP contribution in [0, 0.1) is 0 Å². The normalized spacial score (nSPS) is 14.6. The molecule has 7 aromatic rings. The molecular formula is C46H38N2. The maximum Gasteiger partial charge on any atom is 0.0492 e. The van der Waals surface area contributed by atoms with Gasteiger partial charge < -0.3 is 9.13 Å². The number of fused-ring (bicyclic) bond motifs is 4. The van der Waals surface area contributed by atoms with Gasteiger partial charge in [-0.1, -0.05) is 115 Å². The summed E-state index contributed by atoms with van der Waals surface area (Å²) in [5.74, 6) is 0. The third-order valence-corrected chi connectivity index (χ3v) is 10.2. The summed E-state index contributed by atoms with van der Waals surface area (Å²) in [6.45, 7) is 3.18. The Morgan fingerprint density at radius 2 is 1.08 bits per heavy atom. The van der Waals surface area contributed by atoms with E-state index in [0.29, 0.717) is 0 Å². The van der Waals surface area contributed by atoms with Crippen LogP contribution in [-0.2, 0) is 6.54 Å². The Balaban J connectivity index is 1.42. The first kappa shape index (κ1) is 28.6. The van der Waals surface area contributed by atoms with E-state index in [1.54, 1.807) is 0 Å². The number of nitrogens with zero attached hydrogens (tertiary/aromatic N) is 2. The van der Waals surface area contributed by atoms with E-state index < -0.39 is 0 Å². The Hall–Kier alpha value is -5.60. The van der Waals surface area contributed by atoms with Gasteiger partial charge in [-0.15, -0.1) is 0 Å². The topological polar surface area (TPSA) is 9.86 Å². The molecule has 0 aliphatic heterocycles. The lowest BCUT2D eigenvalue weighted by atomic mass is 9.78. The van der Waals surface area contributed by atoms with Gasteiger partial charge in [0.15, 0.2) is 0 Å². The van der Waals surface area contributed by atoms with Gasteiger partial charge in [-0.05, 0) is 101 Å². The lowest BCUT2D eigenvalue weighted by molar-refractivity contribution is 0.827. The Kier molecular flexibility index (Phi) is 7.08. The Bertz CT molecular complexity index is 2460. The fourth-order valence-electron chi connectivity index (χ4n) is 8.05. The van der Waals surface area contributed by atoms with Crippen LogP contribution in [0.4, 0.5) is 0 Å². The van der Waals surface area contributed by atoms with Crippen molar-refractivity contribution < 1.29 is 0 Å². The molecule has 2 aliphatic carbocycles. The maximum atomic E-state index is 2.45. The van der Waals surface area contributed by atoms with Gasteiger partial charge in [0.2, 0.25) is 0 Å². The first-order chi connectivity index (χ1) is 23.8. The van der Waals surface area contributed by atoms with Gasteiger partial charge >= 0.3 is 0 Å². The number of hydrogen-bond donors (Lipinski definition) is 0. The van der Waals surface area contributed by atoms with Crippen LogP contribution in [0.25, 0.3) is 71.7 Å². The van der Waals surface area contributed by atoms with Gasteiger partial charge in [0.05, 0.1) is 0 Å². The standard InChI is InChI=1S/C46H38N2/c1-2-48-41-26-16-15-25-37(41)38-29-36(27-28-42(38)48)47-30-39-40(31-47)44(33-19-9-4-10-20-33)46(35-23-13-6-14-24-35)45(34-21-11-5-12-22-34)43(39)32-17-7-3-8-18-32/h3,5,7-9,11-13,15-31H,2,4,6,10,14H2,1H3. The van der Waals surface area contributed by atoms with Gasteiger partial charge in [-0.2, -0.15) is 0 Å². The molecule has 9 rings (SSSR count). The molecule has 2 aliphatic rings. The summed E-state index contributed by atoms with van der Waals surface area (Å²) in [5, 5.41) is 5.17. The number of rotatable bonds is 6. The molecule has 0 saturated carbocycles. The average molecular weight is 619 g/mol. The molecule has 232 valence electrons. The quantitative estimate of drug-likeness (QED) is 0.175. The number of para-hydroxylation sites is 1. The van der Waals surface area contributed by atoms with Crippen molar-refractivity contribution in [3.05, 3.63) is 163 Å². The molecule has 0 fully saturated rings. The highest BCUT2D eigenvalue weighted by Gasteiger charge is 2.26. The molecule has 2 heterocycles. The second-order valence-corrected chi connectivity index (χ2v) is 13.0. The summed E-state index contributed by atoms with van der Waals surface area (Å²) < 4.78 is 4.80. The van der Waals surface area contributed by atoms with Gasteiger partial charge in [-0.25, -0.2) is 0 Å². The molecule has 0 unspecified atom stereocenters. The van der Waals surface area contributed by atoms with E-state index in [1.165, 1.54) is 82.8 Å². The Morgan fingerprint density at radius 3 is 1.73 bits per heavy atom. The zero-order valence-electron chi connectivity index (χ0n) is 27.4. The average Bonchev–Trinajstić information content (AvgIpc) is 3.74. The number of aromatic nitrogens is 2. The highest BCUT2D eigenvalue weighted by Crippen LogP contribution is 2.49. The molecule has 0 spiro atoms. The highest BCUT2D eigenvalue weighted by molar-refractivity contribution is 6.15. The summed E-state index contributed by atoms with van der Waals surface area (Å²) in [5.41, 5.74) is 14.1. The minimum atomic E-state index is 0.943. The molecule has 0 atom stereocenters. The van der Waals surface area contributed by atoms with Gasteiger partial charge in [0, 0.05) is 57.2 Å². The summed E-state index contributed by atoms with van der Waals surface area (Å²) in [6.07, 6.45) is 23.4. The van der Waals surface area contributed by atoms with Crippen LogP contribution in [0.15, 0.2) is 152 Å². The van der Waals surface area contributed by atoms with Crippen LogP contribution >= 0.6 is 0 Å². The van der Waals surface area contributed by atoms with Gasteiger partial charge in [-0.3, -0.25) is 0 Å². The van der Waals surface area contributed by atoms with E-state index in [4.69, 9.17) is 0 Å². The SMILES string of the molecule is CCn1c2ccccc2c2cc(-n3cc4c(C5=CCCC=C5)c(C5=CCCC=C5)c(-c5ccccc5)c(-c5ccccc5)c4c3)ccc21.